The normalized spacial score (nSPS) is 28.6. The highest BCUT2D eigenvalue weighted by Gasteiger charge is 2.40. The number of nitrogens with zero attached hydrogens (tertiary/aromatic N) is 1. The van der Waals surface area contributed by atoms with Crippen LogP contribution >= 0.6 is 0 Å². The maximum atomic E-state index is 12.5. The van der Waals surface area contributed by atoms with Gasteiger partial charge in [0, 0.05) is 26.5 Å². The highest BCUT2D eigenvalue weighted by atomic mass is 16.5. The smallest absolute Gasteiger partial charge is 0.326 e. The average Bonchev–Trinajstić information content (AvgIpc) is 2.92. The van der Waals surface area contributed by atoms with Gasteiger partial charge in [-0.25, -0.2) is 4.79 Å². The van der Waals surface area contributed by atoms with Gasteiger partial charge in [-0.3, -0.25) is 4.79 Å². The first-order chi connectivity index (χ1) is 10.0. The van der Waals surface area contributed by atoms with Crippen molar-refractivity contribution >= 4 is 11.9 Å². The minimum atomic E-state index is -0.923. The minimum absolute atomic E-state index is 0.0278. The Morgan fingerprint density at radius 3 is 2.52 bits per heavy atom. The Hall–Kier alpha value is -1.10. The van der Waals surface area contributed by atoms with E-state index in [9.17, 15) is 14.7 Å². The van der Waals surface area contributed by atoms with Gasteiger partial charge in [0.2, 0.25) is 5.91 Å². The molecule has 21 heavy (non-hydrogen) atoms. The second-order valence-electron chi connectivity index (χ2n) is 6.57. The van der Waals surface area contributed by atoms with Crippen molar-refractivity contribution in [3.05, 3.63) is 0 Å². The van der Waals surface area contributed by atoms with Crippen molar-refractivity contribution < 1.29 is 19.4 Å². The van der Waals surface area contributed by atoms with E-state index >= 15 is 0 Å². The van der Waals surface area contributed by atoms with E-state index in [0.29, 0.717) is 31.2 Å². The van der Waals surface area contributed by atoms with Gasteiger partial charge in [-0.1, -0.05) is 39.0 Å². The van der Waals surface area contributed by atoms with Gasteiger partial charge in [-0.2, -0.15) is 0 Å². The molecule has 3 atom stereocenters. The van der Waals surface area contributed by atoms with E-state index in [2.05, 4.69) is 6.92 Å². The molecule has 0 spiro atoms. The van der Waals surface area contributed by atoms with Crippen LogP contribution in [0.1, 0.15) is 51.9 Å². The maximum absolute atomic E-state index is 12.5. The molecule has 2 aliphatic rings. The Morgan fingerprint density at radius 1 is 1.29 bits per heavy atom. The molecule has 0 aromatic heterocycles. The number of aliphatic carboxylic acids is 1. The minimum Gasteiger partial charge on any atom is -0.480 e. The lowest BCUT2D eigenvalue weighted by Crippen LogP contribution is -2.41. The third-order valence-corrected chi connectivity index (χ3v) is 5.15. The molecule has 1 heterocycles. The molecule has 5 heteroatoms. The summed E-state index contributed by atoms with van der Waals surface area (Å²) in [5.41, 5.74) is 0. The van der Waals surface area contributed by atoms with E-state index < -0.39 is 12.0 Å². The summed E-state index contributed by atoms with van der Waals surface area (Å²) in [7, 11) is 1.57. The standard InChI is InChI=1S/C16H27NO4/c1-11(12-6-4-3-5-7-12)8-15(18)17-10-13(21-2)9-14(17)16(19)20/h11-14H,3-10H2,1-2H3,(H,19,20). The summed E-state index contributed by atoms with van der Waals surface area (Å²) < 4.78 is 5.24. The number of hydrogen-bond acceptors (Lipinski definition) is 3. The van der Waals surface area contributed by atoms with Crippen molar-refractivity contribution in [2.45, 2.75) is 64.0 Å². The summed E-state index contributed by atoms with van der Waals surface area (Å²) in [6.07, 6.45) is 6.95. The van der Waals surface area contributed by atoms with Gasteiger partial charge in [0.1, 0.15) is 6.04 Å². The van der Waals surface area contributed by atoms with Crippen molar-refractivity contribution in [2.75, 3.05) is 13.7 Å². The van der Waals surface area contributed by atoms with E-state index in [1.807, 2.05) is 0 Å². The van der Waals surface area contributed by atoms with Crippen LogP contribution < -0.4 is 0 Å². The number of amides is 1. The number of ether oxygens (including phenoxy) is 1. The summed E-state index contributed by atoms with van der Waals surface area (Å²) in [6.45, 7) is 2.54. The van der Waals surface area contributed by atoms with E-state index in [4.69, 9.17) is 4.74 Å². The van der Waals surface area contributed by atoms with Crippen LogP contribution in [0, 0.1) is 11.8 Å². The number of carboxylic acids is 1. The van der Waals surface area contributed by atoms with Crippen LogP contribution in [0.15, 0.2) is 0 Å². The first-order valence-corrected chi connectivity index (χ1v) is 8.08. The van der Waals surface area contributed by atoms with Crippen molar-refractivity contribution in [3.63, 3.8) is 0 Å². The predicted molar refractivity (Wildman–Crippen MR) is 78.9 cm³/mol. The molecule has 1 aliphatic carbocycles. The van der Waals surface area contributed by atoms with Crippen LogP contribution in [-0.4, -0.2) is 47.7 Å². The number of carbonyl (C=O) groups is 2. The van der Waals surface area contributed by atoms with Crippen molar-refractivity contribution in [2.24, 2.45) is 11.8 Å². The number of likely N-dealkylation sites (tertiary alicyclic amines) is 1. The molecule has 5 nitrogen and oxygen atoms in total. The molecule has 3 unspecified atom stereocenters. The summed E-state index contributed by atoms with van der Waals surface area (Å²) in [5.74, 6) is 0.00823. The third-order valence-electron chi connectivity index (χ3n) is 5.15. The first kappa shape index (κ1) is 16.3. The van der Waals surface area contributed by atoms with Crippen molar-refractivity contribution in [1.29, 1.82) is 0 Å². The van der Waals surface area contributed by atoms with E-state index in [1.165, 1.54) is 37.0 Å². The van der Waals surface area contributed by atoms with E-state index in [1.54, 1.807) is 7.11 Å². The lowest BCUT2D eigenvalue weighted by atomic mass is 9.79. The number of carboxylic acid groups (broad SMARTS) is 1. The monoisotopic (exact) mass is 297 g/mol. The summed E-state index contributed by atoms with van der Waals surface area (Å²) in [6, 6.07) is -0.721. The largest absolute Gasteiger partial charge is 0.480 e. The second-order valence-corrected chi connectivity index (χ2v) is 6.57. The average molecular weight is 297 g/mol. The Balaban J connectivity index is 1.93. The molecule has 1 aliphatic heterocycles. The zero-order chi connectivity index (χ0) is 15.4. The van der Waals surface area contributed by atoms with Gasteiger partial charge in [-0.05, 0) is 11.8 Å². The highest BCUT2D eigenvalue weighted by Crippen LogP contribution is 2.32. The predicted octanol–water partition coefficient (Wildman–Crippen LogP) is 2.29. The van der Waals surface area contributed by atoms with Gasteiger partial charge < -0.3 is 14.7 Å². The Kier molecular flexibility index (Phi) is 5.62. The van der Waals surface area contributed by atoms with Crippen LogP contribution in [-0.2, 0) is 14.3 Å². The fourth-order valence-electron chi connectivity index (χ4n) is 3.74. The SMILES string of the molecule is COC1CC(C(=O)O)N(C(=O)CC(C)C2CCCCC2)C1. The lowest BCUT2D eigenvalue weighted by Gasteiger charge is -2.29. The molecule has 1 saturated carbocycles. The number of hydrogen-bond donors (Lipinski definition) is 1. The molecule has 1 saturated heterocycles. The molecule has 0 radical (unpaired) electrons. The maximum Gasteiger partial charge on any atom is 0.326 e. The molecule has 0 aromatic rings. The quantitative estimate of drug-likeness (QED) is 0.845. The van der Waals surface area contributed by atoms with Crippen molar-refractivity contribution in [1.82, 2.24) is 4.90 Å². The highest BCUT2D eigenvalue weighted by molar-refractivity contribution is 5.84. The van der Waals surface area contributed by atoms with Crippen LogP contribution in [0.25, 0.3) is 0 Å². The third kappa shape index (κ3) is 3.96. The van der Waals surface area contributed by atoms with Gasteiger partial charge in [0.05, 0.1) is 6.10 Å². The zero-order valence-electron chi connectivity index (χ0n) is 13.1. The molecule has 0 aromatic carbocycles. The Labute approximate surface area is 126 Å². The molecule has 0 bridgehead atoms. The topological polar surface area (TPSA) is 66.8 Å². The van der Waals surface area contributed by atoms with E-state index in [-0.39, 0.29) is 12.0 Å². The number of carbonyl (C=O) groups excluding carboxylic acids is 1. The van der Waals surface area contributed by atoms with Gasteiger partial charge in [0.15, 0.2) is 0 Å². The summed E-state index contributed by atoms with van der Waals surface area (Å²) in [5, 5.41) is 9.28. The van der Waals surface area contributed by atoms with Crippen LogP contribution in [0.3, 0.4) is 0 Å². The summed E-state index contributed by atoms with van der Waals surface area (Å²) in [4.78, 5) is 25.3. The van der Waals surface area contributed by atoms with Gasteiger partial charge in [0.25, 0.3) is 0 Å². The Bertz CT molecular complexity index is 378. The zero-order valence-corrected chi connectivity index (χ0v) is 13.1. The molecule has 1 amide bonds. The number of rotatable bonds is 5. The fraction of sp³-hybridized carbons (Fsp3) is 0.875. The summed E-state index contributed by atoms with van der Waals surface area (Å²) >= 11 is 0. The van der Waals surface area contributed by atoms with Gasteiger partial charge >= 0.3 is 5.97 Å². The van der Waals surface area contributed by atoms with Crippen LogP contribution in [0.2, 0.25) is 0 Å². The van der Waals surface area contributed by atoms with Crippen LogP contribution in [0.4, 0.5) is 0 Å². The van der Waals surface area contributed by atoms with Gasteiger partial charge in [-0.15, -0.1) is 0 Å². The first-order valence-electron chi connectivity index (χ1n) is 8.08. The van der Waals surface area contributed by atoms with E-state index in [0.717, 1.165) is 0 Å². The Morgan fingerprint density at radius 2 is 1.95 bits per heavy atom. The molecular formula is C16H27NO4. The molecule has 1 N–H and O–H groups in total. The fourth-order valence-corrected chi connectivity index (χ4v) is 3.74. The molecular weight excluding hydrogens is 270 g/mol. The lowest BCUT2D eigenvalue weighted by molar-refractivity contribution is -0.148. The molecule has 120 valence electrons. The number of methoxy groups -OCH3 is 1. The molecule has 2 fully saturated rings. The van der Waals surface area contributed by atoms with Crippen LogP contribution in [0.5, 0.6) is 0 Å². The molecule has 2 rings (SSSR count). The second kappa shape index (κ2) is 7.25. The van der Waals surface area contributed by atoms with Crippen molar-refractivity contribution in [3.8, 4) is 0 Å².